The third-order valence-electron chi connectivity index (χ3n) is 3.21. The van der Waals surface area contributed by atoms with Gasteiger partial charge in [0, 0.05) is 11.1 Å². The summed E-state index contributed by atoms with van der Waals surface area (Å²) in [5.74, 6) is -0.159. The van der Waals surface area contributed by atoms with E-state index in [9.17, 15) is 4.39 Å². The molecule has 0 spiro atoms. The second kappa shape index (κ2) is 3.08. The smallest absolute Gasteiger partial charge is 0.138 e. The Morgan fingerprint density at radius 1 is 1.40 bits per heavy atom. The third kappa shape index (κ3) is 1.19. The molecule has 1 aliphatic rings. The Balaban J connectivity index is 2.49. The number of halogens is 2. The maximum absolute atomic E-state index is 13.6. The molecule has 0 bridgehead atoms. The number of fused-ring (bicyclic) bond motifs is 3. The quantitative estimate of drug-likeness (QED) is 0.746. The Hall–Kier alpha value is -0.830. The number of hydrogen-bond donors (Lipinski definition) is 1. The maximum atomic E-state index is 13.6. The number of rotatable bonds is 0. The second-order valence-corrected chi connectivity index (χ2v) is 4.97. The molecule has 3 heteroatoms. The molecule has 0 fully saturated rings. The lowest BCUT2D eigenvalue weighted by atomic mass is 10.1. The van der Waals surface area contributed by atoms with E-state index in [4.69, 9.17) is 0 Å². The van der Waals surface area contributed by atoms with E-state index >= 15 is 0 Å². The van der Waals surface area contributed by atoms with Gasteiger partial charge in [0.25, 0.3) is 0 Å². The molecule has 0 amide bonds. The van der Waals surface area contributed by atoms with Crippen molar-refractivity contribution in [2.45, 2.75) is 26.2 Å². The molecule has 1 aliphatic carbocycles. The first kappa shape index (κ1) is 9.40. The van der Waals surface area contributed by atoms with Crippen LogP contribution in [0.1, 0.15) is 23.2 Å². The molecule has 78 valence electrons. The number of hydrogen-bond acceptors (Lipinski definition) is 0. The van der Waals surface area contributed by atoms with Crippen LogP contribution in [0.2, 0.25) is 0 Å². The molecular weight excluding hydrogens is 257 g/mol. The van der Waals surface area contributed by atoms with Crippen LogP contribution in [0.4, 0.5) is 4.39 Å². The van der Waals surface area contributed by atoms with Crippen LogP contribution < -0.4 is 0 Å². The lowest BCUT2D eigenvalue weighted by Gasteiger charge is -2.02. The van der Waals surface area contributed by atoms with E-state index in [2.05, 4.69) is 20.9 Å². The molecule has 0 saturated heterocycles. The first-order valence-electron chi connectivity index (χ1n) is 5.16. The second-order valence-electron chi connectivity index (χ2n) is 4.17. The number of benzene rings is 1. The van der Waals surface area contributed by atoms with E-state index in [0.717, 1.165) is 29.3 Å². The Bertz CT molecular complexity index is 556. The minimum Gasteiger partial charge on any atom is -0.358 e. The standard InChI is InChI=1S/C12H11BrFN/c1-6-5-8(14)11(13)10-7-3-2-4-9(7)15-12(6)10/h5,15H,2-4H2,1H3. The highest BCUT2D eigenvalue weighted by Crippen LogP contribution is 2.37. The SMILES string of the molecule is Cc1cc(F)c(Br)c2c3c([nH]c12)CCC3. The first-order chi connectivity index (χ1) is 7.18. The fraction of sp³-hybridized carbons (Fsp3) is 0.333. The third-order valence-corrected chi connectivity index (χ3v) is 3.99. The van der Waals surface area contributed by atoms with Gasteiger partial charge in [0.15, 0.2) is 0 Å². The van der Waals surface area contributed by atoms with Crippen LogP contribution in [0.5, 0.6) is 0 Å². The van der Waals surface area contributed by atoms with Gasteiger partial charge in [-0.3, -0.25) is 0 Å². The largest absolute Gasteiger partial charge is 0.358 e. The fourth-order valence-electron chi connectivity index (χ4n) is 2.50. The zero-order valence-corrected chi connectivity index (χ0v) is 10.0. The predicted octanol–water partition coefficient (Wildman–Crippen LogP) is 3.87. The monoisotopic (exact) mass is 267 g/mol. The molecule has 0 atom stereocenters. The number of H-pyrrole nitrogens is 1. The summed E-state index contributed by atoms with van der Waals surface area (Å²) in [5.41, 5.74) is 4.67. The first-order valence-corrected chi connectivity index (χ1v) is 5.96. The van der Waals surface area contributed by atoms with Gasteiger partial charge in [0.1, 0.15) is 5.82 Å². The number of nitrogens with one attached hydrogen (secondary N) is 1. The van der Waals surface area contributed by atoms with E-state index in [1.807, 2.05) is 6.92 Å². The molecule has 1 N–H and O–H groups in total. The van der Waals surface area contributed by atoms with Crippen LogP contribution in [-0.2, 0) is 12.8 Å². The lowest BCUT2D eigenvalue weighted by molar-refractivity contribution is 0.622. The summed E-state index contributed by atoms with van der Waals surface area (Å²) in [7, 11) is 0. The number of aryl methyl sites for hydroxylation is 3. The van der Waals surface area contributed by atoms with Crippen LogP contribution in [0.15, 0.2) is 10.5 Å². The summed E-state index contributed by atoms with van der Waals surface area (Å²) in [6, 6.07) is 1.58. The summed E-state index contributed by atoms with van der Waals surface area (Å²) in [5, 5.41) is 1.06. The van der Waals surface area contributed by atoms with E-state index in [1.54, 1.807) is 6.07 Å². The van der Waals surface area contributed by atoms with Crippen LogP contribution in [0.25, 0.3) is 10.9 Å². The van der Waals surface area contributed by atoms with Crippen molar-refractivity contribution in [3.8, 4) is 0 Å². The van der Waals surface area contributed by atoms with E-state index in [-0.39, 0.29) is 5.82 Å². The van der Waals surface area contributed by atoms with Crippen molar-refractivity contribution in [2.24, 2.45) is 0 Å². The molecule has 0 saturated carbocycles. The van der Waals surface area contributed by atoms with Gasteiger partial charge in [-0.2, -0.15) is 0 Å². The summed E-state index contributed by atoms with van der Waals surface area (Å²) in [6.45, 7) is 1.95. The van der Waals surface area contributed by atoms with E-state index < -0.39 is 0 Å². The molecule has 2 aromatic rings. The maximum Gasteiger partial charge on any atom is 0.138 e. The van der Waals surface area contributed by atoms with Crippen molar-refractivity contribution in [3.63, 3.8) is 0 Å². The Labute approximate surface area is 95.8 Å². The summed E-state index contributed by atoms with van der Waals surface area (Å²) in [4.78, 5) is 3.42. The van der Waals surface area contributed by atoms with Gasteiger partial charge in [-0.25, -0.2) is 4.39 Å². The van der Waals surface area contributed by atoms with Gasteiger partial charge in [0.2, 0.25) is 0 Å². The average Bonchev–Trinajstić information content (AvgIpc) is 2.72. The summed E-state index contributed by atoms with van der Waals surface area (Å²) in [6.07, 6.45) is 3.34. The van der Waals surface area contributed by atoms with Crippen LogP contribution in [0, 0.1) is 12.7 Å². The zero-order chi connectivity index (χ0) is 10.6. The van der Waals surface area contributed by atoms with Crippen molar-refractivity contribution in [2.75, 3.05) is 0 Å². The average molecular weight is 268 g/mol. The van der Waals surface area contributed by atoms with Crippen molar-refractivity contribution >= 4 is 26.8 Å². The molecule has 1 aromatic carbocycles. The lowest BCUT2D eigenvalue weighted by Crippen LogP contribution is -1.86. The van der Waals surface area contributed by atoms with E-state index in [1.165, 1.54) is 17.7 Å². The van der Waals surface area contributed by atoms with Gasteiger partial charge in [-0.15, -0.1) is 0 Å². The number of aromatic amines is 1. The van der Waals surface area contributed by atoms with Crippen molar-refractivity contribution < 1.29 is 4.39 Å². The number of aromatic nitrogens is 1. The zero-order valence-electron chi connectivity index (χ0n) is 8.45. The van der Waals surface area contributed by atoms with Gasteiger partial charge >= 0.3 is 0 Å². The highest BCUT2D eigenvalue weighted by atomic mass is 79.9. The van der Waals surface area contributed by atoms with Crippen LogP contribution >= 0.6 is 15.9 Å². The molecule has 0 unspecified atom stereocenters. The molecule has 1 nitrogen and oxygen atoms in total. The molecule has 0 radical (unpaired) electrons. The van der Waals surface area contributed by atoms with Crippen molar-refractivity contribution in [3.05, 3.63) is 33.2 Å². The summed E-state index contributed by atoms with van der Waals surface area (Å²) < 4.78 is 14.2. The highest BCUT2D eigenvalue weighted by Gasteiger charge is 2.21. The van der Waals surface area contributed by atoms with Gasteiger partial charge in [-0.1, -0.05) is 0 Å². The summed E-state index contributed by atoms with van der Waals surface area (Å²) >= 11 is 3.35. The predicted molar refractivity (Wildman–Crippen MR) is 62.7 cm³/mol. The minimum absolute atomic E-state index is 0.159. The van der Waals surface area contributed by atoms with Crippen molar-refractivity contribution in [1.82, 2.24) is 4.98 Å². The van der Waals surface area contributed by atoms with Gasteiger partial charge in [0.05, 0.1) is 9.99 Å². The molecule has 0 aliphatic heterocycles. The molecular formula is C12H11BrFN. The van der Waals surface area contributed by atoms with Crippen molar-refractivity contribution in [1.29, 1.82) is 0 Å². The molecule has 3 rings (SSSR count). The van der Waals surface area contributed by atoms with Gasteiger partial charge in [-0.05, 0) is 59.3 Å². The van der Waals surface area contributed by atoms with Crippen LogP contribution in [-0.4, -0.2) is 4.98 Å². The Morgan fingerprint density at radius 3 is 3.00 bits per heavy atom. The Kier molecular flexibility index (Phi) is 1.93. The van der Waals surface area contributed by atoms with E-state index in [0.29, 0.717) is 4.47 Å². The fourth-order valence-corrected chi connectivity index (χ4v) is 3.06. The molecule has 1 heterocycles. The topological polar surface area (TPSA) is 15.8 Å². The molecule has 15 heavy (non-hydrogen) atoms. The normalized spacial score (nSPS) is 14.9. The Morgan fingerprint density at radius 2 is 2.20 bits per heavy atom. The minimum atomic E-state index is -0.159. The molecule has 1 aromatic heterocycles. The van der Waals surface area contributed by atoms with Crippen LogP contribution in [0.3, 0.4) is 0 Å². The van der Waals surface area contributed by atoms with Gasteiger partial charge < -0.3 is 4.98 Å². The highest BCUT2D eigenvalue weighted by molar-refractivity contribution is 9.10.